The van der Waals surface area contributed by atoms with Gasteiger partial charge in [-0.15, -0.1) is 0 Å². The lowest BCUT2D eigenvalue weighted by Crippen LogP contribution is -2.45. The molecule has 4 aromatic rings. The van der Waals surface area contributed by atoms with Gasteiger partial charge >= 0.3 is 12.1 Å². The molecule has 0 bridgehead atoms. The normalized spacial score (nSPS) is 13.4. The van der Waals surface area contributed by atoms with Crippen molar-refractivity contribution in [2.75, 3.05) is 0 Å². The van der Waals surface area contributed by atoms with Crippen molar-refractivity contribution in [2.24, 2.45) is 0 Å². The Labute approximate surface area is 199 Å². The molecule has 0 spiro atoms. The zero-order chi connectivity index (χ0) is 25.2. The molecule has 0 radical (unpaired) electrons. The predicted molar refractivity (Wildman–Crippen MR) is 124 cm³/mol. The van der Waals surface area contributed by atoms with Crippen molar-refractivity contribution in [1.29, 1.82) is 0 Å². The lowest BCUT2D eigenvalue weighted by atomic mass is 10.0. The number of alkyl halides is 3. The van der Waals surface area contributed by atoms with Crippen LogP contribution < -0.4 is 10.1 Å². The van der Waals surface area contributed by atoms with Gasteiger partial charge in [-0.2, -0.15) is 18.3 Å². The summed E-state index contributed by atoms with van der Waals surface area (Å²) in [6, 6.07) is 17.4. The molecule has 9 heteroatoms. The number of carbonyl (C=O) groups excluding carboxylic acids is 1. The zero-order valence-electron chi connectivity index (χ0n) is 19.0. The predicted octanol–water partition coefficient (Wildman–Crippen LogP) is 5.91. The molecule has 0 aliphatic carbocycles. The quantitative estimate of drug-likeness (QED) is 0.331. The van der Waals surface area contributed by atoms with Gasteiger partial charge in [0.15, 0.2) is 0 Å². The Morgan fingerprint density at radius 3 is 2.37 bits per heavy atom. The molecule has 182 valence electrons. The molecule has 0 aliphatic rings. The van der Waals surface area contributed by atoms with Crippen LogP contribution in [0, 0.1) is 5.82 Å². The van der Waals surface area contributed by atoms with Crippen LogP contribution in [0.5, 0.6) is 5.75 Å². The van der Waals surface area contributed by atoms with Gasteiger partial charge in [-0.1, -0.05) is 31.2 Å². The second-order valence-electron chi connectivity index (χ2n) is 8.15. The molecule has 0 saturated heterocycles. The SMILES string of the molecule is CCc1ccc([C@H](Oc2ccc3c(cnn3-c3ccc(F)cc3)c2)[C@H](C)NC(=O)C(F)(F)F)cc1. The van der Waals surface area contributed by atoms with Crippen LogP contribution in [0.1, 0.15) is 31.1 Å². The van der Waals surface area contributed by atoms with E-state index in [-0.39, 0.29) is 5.82 Å². The van der Waals surface area contributed by atoms with Crippen molar-refractivity contribution in [3.8, 4) is 11.4 Å². The molecule has 1 aromatic heterocycles. The first-order valence-electron chi connectivity index (χ1n) is 11.0. The van der Waals surface area contributed by atoms with E-state index in [0.29, 0.717) is 17.0 Å². The fourth-order valence-corrected chi connectivity index (χ4v) is 3.79. The number of rotatable bonds is 7. The zero-order valence-corrected chi connectivity index (χ0v) is 19.0. The summed E-state index contributed by atoms with van der Waals surface area (Å²) in [6.45, 7) is 3.46. The van der Waals surface area contributed by atoms with E-state index in [1.165, 1.54) is 19.1 Å². The van der Waals surface area contributed by atoms with Gasteiger partial charge in [-0.3, -0.25) is 4.79 Å². The minimum atomic E-state index is -5.00. The van der Waals surface area contributed by atoms with Gasteiger partial charge in [0, 0.05) is 5.39 Å². The molecule has 4 rings (SSSR count). The molecule has 0 saturated carbocycles. The van der Waals surface area contributed by atoms with E-state index in [9.17, 15) is 22.4 Å². The number of aryl methyl sites for hydroxylation is 1. The van der Waals surface area contributed by atoms with Crippen molar-refractivity contribution in [2.45, 2.75) is 38.6 Å². The van der Waals surface area contributed by atoms with Crippen molar-refractivity contribution < 1.29 is 27.1 Å². The van der Waals surface area contributed by atoms with Gasteiger partial charge in [0.2, 0.25) is 0 Å². The largest absolute Gasteiger partial charge is 0.484 e. The number of nitrogens with zero attached hydrogens (tertiary/aromatic N) is 2. The highest BCUT2D eigenvalue weighted by Gasteiger charge is 2.40. The molecule has 1 amide bonds. The van der Waals surface area contributed by atoms with E-state index in [1.54, 1.807) is 53.3 Å². The fourth-order valence-electron chi connectivity index (χ4n) is 3.79. The summed E-state index contributed by atoms with van der Waals surface area (Å²) in [5.41, 5.74) is 3.10. The van der Waals surface area contributed by atoms with Crippen LogP contribution in [0.2, 0.25) is 0 Å². The molecule has 1 heterocycles. The lowest BCUT2D eigenvalue weighted by Gasteiger charge is -2.27. The number of aromatic nitrogens is 2. The summed E-state index contributed by atoms with van der Waals surface area (Å²) >= 11 is 0. The summed E-state index contributed by atoms with van der Waals surface area (Å²) in [5.74, 6) is -1.99. The maximum atomic E-state index is 13.3. The Hall–Kier alpha value is -3.88. The minimum Gasteiger partial charge on any atom is -0.484 e. The van der Waals surface area contributed by atoms with Gasteiger partial charge in [-0.25, -0.2) is 9.07 Å². The highest BCUT2D eigenvalue weighted by Crippen LogP contribution is 2.30. The number of amides is 1. The first kappa shape index (κ1) is 24.3. The smallest absolute Gasteiger partial charge is 0.471 e. The molecule has 2 atom stereocenters. The molecule has 35 heavy (non-hydrogen) atoms. The highest BCUT2D eigenvalue weighted by molar-refractivity contribution is 5.82. The number of halogens is 4. The average molecular weight is 485 g/mol. The molecule has 5 nitrogen and oxygen atoms in total. The van der Waals surface area contributed by atoms with Gasteiger partial charge < -0.3 is 10.1 Å². The molecular weight excluding hydrogens is 462 g/mol. The molecule has 3 aromatic carbocycles. The van der Waals surface area contributed by atoms with Crippen LogP contribution in [0.3, 0.4) is 0 Å². The van der Waals surface area contributed by atoms with E-state index in [2.05, 4.69) is 5.10 Å². The van der Waals surface area contributed by atoms with E-state index in [0.717, 1.165) is 22.9 Å². The Morgan fingerprint density at radius 2 is 1.74 bits per heavy atom. The molecule has 1 N–H and O–H groups in total. The number of ether oxygens (including phenoxy) is 1. The van der Waals surface area contributed by atoms with Crippen molar-refractivity contribution in [3.63, 3.8) is 0 Å². The van der Waals surface area contributed by atoms with Crippen molar-refractivity contribution in [1.82, 2.24) is 15.1 Å². The van der Waals surface area contributed by atoms with E-state index in [4.69, 9.17) is 4.74 Å². The molecular formula is C26H23F4N3O2. The van der Waals surface area contributed by atoms with Crippen molar-refractivity contribution in [3.05, 3.63) is 89.9 Å². The van der Waals surface area contributed by atoms with E-state index in [1.807, 2.05) is 24.4 Å². The number of carbonyl (C=O) groups is 1. The Balaban J connectivity index is 1.64. The highest BCUT2D eigenvalue weighted by atomic mass is 19.4. The Bertz CT molecular complexity index is 1320. The van der Waals surface area contributed by atoms with Crippen molar-refractivity contribution >= 4 is 16.8 Å². The topological polar surface area (TPSA) is 56.1 Å². The summed E-state index contributed by atoms with van der Waals surface area (Å²) in [6.07, 6.45) is -3.46. The van der Waals surface area contributed by atoms with Gasteiger partial charge in [-0.05, 0) is 66.9 Å². The number of nitrogens with one attached hydrogen (secondary N) is 1. The Kier molecular flexibility index (Phi) is 6.77. The summed E-state index contributed by atoms with van der Waals surface area (Å²) < 4.78 is 59.6. The van der Waals surface area contributed by atoms with Gasteiger partial charge in [0.05, 0.1) is 23.4 Å². The standard InChI is InChI=1S/C26H23F4N3O2/c1-3-17-4-6-18(7-5-17)24(16(2)32-25(34)26(28,29)30)35-22-12-13-23-19(14-22)15-31-33(23)21-10-8-20(27)9-11-21/h4-16,24H,3H2,1-2H3,(H,32,34)/t16-,24+/m0/s1. The van der Waals surface area contributed by atoms with Crippen LogP contribution in [0.15, 0.2) is 72.9 Å². The van der Waals surface area contributed by atoms with Gasteiger partial charge in [0.1, 0.15) is 17.7 Å². The molecule has 0 fully saturated rings. The number of hydrogen-bond donors (Lipinski definition) is 1. The molecule has 0 aliphatic heterocycles. The first-order chi connectivity index (χ1) is 16.7. The Morgan fingerprint density at radius 1 is 1.06 bits per heavy atom. The summed E-state index contributed by atoms with van der Waals surface area (Å²) in [4.78, 5) is 11.6. The second-order valence-corrected chi connectivity index (χ2v) is 8.15. The third-order valence-electron chi connectivity index (χ3n) is 5.66. The summed E-state index contributed by atoms with van der Waals surface area (Å²) in [5, 5.41) is 7.07. The monoisotopic (exact) mass is 485 g/mol. The van der Waals surface area contributed by atoms with E-state index < -0.39 is 24.2 Å². The average Bonchev–Trinajstić information content (AvgIpc) is 3.25. The van der Waals surface area contributed by atoms with Crippen LogP contribution in [0.25, 0.3) is 16.6 Å². The first-order valence-corrected chi connectivity index (χ1v) is 11.0. The third-order valence-corrected chi connectivity index (χ3v) is 5.66. The lowest BCUT2D eigenvalue weighted by molar-refractivity contribution is -0.174. The van der Waals surface area contributed by atoms with Crippen LogP contribution in [-0.2, 0) is 11.2 Å². The number of hydrogen-bond acceptors (Lipinski definition) is 3. The molecule has 0 unspecified atom stereocenters. The fraction of sp³-hybridized carbons (Fsp3) is 0.231. The van der Waals surface area contributed by atoms with E-state index >= 15 is 0 Å². The minimum absolute atomic E-state index is 0.356. The van der Waals surface area contributed by atoms with Crippen LogP contribution in [-0.4, -0.2) is 27.9 Å². The van der Waals surface area contributed by atoms with Crippen LogP contribution >= 0.6 is 0 Å². The summed E-state index contributed by atoms with van der Waals surface area (Å²) in [7, 11) is 0. The van der Waals surface area contributed by atoms with Crippen LogP contribution in [0.4, 0.5) is 17.6 Å². The van der Waals surface area contributed by atoms with Gasteiger partial charge in [0.25, 0.3) is 0 Å². The third kappa shape index (κ3) is 5.45. The second kappa shape index (κ2) is 9.77. The maximum absolute atomic E-state index is 13.3. The number of benzene rings is 3. The number of fused-ring (bicyclic) bond motifs is 1. The maximum Gasteiger partial charge on any atom is 0.471 e.